The highest BCUT2D eigenvalue weighted by atomic mass is 16.2. The summed E-state index contributed by atoms with van der Waals surface area (Å²) >= 11 is 0. The zero-order valence-corrected chi connectivity index (χ0v) is 17.7. The molecule has 28 heavy (non-hydrogen) atoms. The number of carbonyl (C=O) groups excluding carboxylic acids is 2. The average Bonchev–Trinajstić information content (AvgIpc) is 3.02. The van der Waals surface area contributed by atoms with Crippen molar-refractivity contribution < 1.29 is 9.59 Å². The first-order chi connectivity index (χ1) is 13.0. The predicted octanol–water partition coefficient (Wildman–Crippen LogP) is 5.17. The van der Waals surface area contributed by atoms with E-state index in [1.807, 2.05) is 68.1 Å². The number of nitrogens with zero attached hydrogens (tertiary/aromatic N) is 1. The number of rotatable bonds is 2. The van der Waals surface area contributed by atoms with E-state index >= 15 is 0 Å². The summed E-state index contributed by atoms with van der Waals surface area (Å²) in [4.78, 5) is 27.2. The molecule has 0 unspecified atom stereocenters. The highest BCUT2D eigenvalue weighted by Gasteiger charge is 2.32. The molecule has 0 radical (unpaired) electrons. The van der Waals surface area contributed by atoms with Crippen LogP contribution in [0.1, 0.15) is 63.0 Å². The predicted molar refractivity (Wildman–Crippen MR) is 115 cm³/mol. The number of carbonyl (C=O) groups is 2. The molecule has 1 aliphatic rings. The third kappa shape index (κ3) is 4.11. The van der Waals surface area contributed by atoms with Gasteiger partial charge in [-0.2, -0.15) is 0 Å². The molecule has 2 aromatic rings. The molecule has 0 aliphatic carbocycles. The molecule has 0 bridgehead atoms. The molecule has 0 spiro atoms. The second-order valence-electron chi connectivity index (χ2n) is 9.58. The molecule has 1 heterocycles. The molecule has 1 N–H and O–H groups in total. The van der Waals surface area contributed by atoms with Gasteiger partial charge in [0.15, 0.2) is 0 Å². The van der Waals surface area contributed by atoms with Gasteiger partial charge in [-0.25, -0.2) is 0 Å². The van der Waals surface area contributed by atoms with Crippen molar-refractivity contribution in [1.82, 2.24) is 0 Å². The molecule has 4 heteroatoms. The minimum Gasteiger partial charge on any atom is -0.322 e. The van der Waals surface area contributed by atoms with Gasteiger partial charge in [0.1, 0.15) is 0 Å². The summed E-state index contributed by atoms with van der Waals surface area (Å²) in [5.41, 5.74) is 4.19. The van der Waals surface area contributed by atoms with Gasteiger partial charge in [-0.1, -0.05) is 59.7 Å². The van der Waals surface area contributed by atoms with E-state index in [1.54, 1.807) is 0 Å². The van der Waals surface area contributed by atoms with Crippen molar-refractivity contribution in [2.24, 2.45) is 5.41 Å². The van der Waals surface area contributed by atoms with Crippen LogP contribution in [-0.2, 0) is 16.6 Å². The maximum Gasteiger partial charge on any atom is 0.255 e. The molecule has 4 nitrogen and oxygen atoms in total. The van der Waals surface area contributed by atoms with Crippen molar-refractivity contribution in [2.75, 3.05) is 16.8 Å². The lowest BCUT2D eigenvalue weighted by Gasteiger charge is -2.26. The van der Waals surface area contributed by atoms with Crippen LogP contribution in [-0.4, -0.2) is 18.4 Å². The summed E-state index contributed by atoms with van der Waals surface area (Å²) in [5, 5.41) is 2.97. The van der Waals surface area contributed by atoms with Crippen molar-refractivity contribution in [1.29, 1.82) is 0 Å². The third-order valence-electron chi connectivity index (χ3n) is 5.14. The Morgan fingerprint density at radius 1 is 0.929 bits per heavy atom. The van der Waals surface area contributed by atoms with Gasteiger partial charge >= 0.3 is 0 Å². The fraction of sp³-hybridized carbons (Fsp3) is 0.417. The Hall–Kier alpha value is -2.62. The molecule has 3 rings (SSSR count). The zero-order chi connectivity index (χ0) is 20.7. The van der Waals surface area contributed by atoms with Gasteiger partial charge in [0.25, 0.3) is 5.91 Å². The second-order valence-corrected chi connectivity index (χ2v) is 9.58. The number of amides is 2. The lowest BCUT2D eigenvalue weighted by atomic mass is 9.87. The van der Waals surface area contributed by atoms with E-state index < -0.39 is 5.41 Å². The Labute approximate surface area is 167 Å². The van der Waals surface area contributed by atoms with Gasteiger partial charge in [-0.15, -0.1) is 0 Å². The van der Waals surface area contributed by atoms with Crippen molar-refractivity contribution in [3.8, 4) is 0 Å². The van der Waals surface area contributed by atoms with Gasteiger partial charge < -0.3 is 10.2 Å². The molecule has 148 valence electrons. The Kier molecular flexibility index (Phi) is 5.09. The van der Waals surface area contributed by atoms with Gasteiger partial charge in [0.2, 0.25) is 5.91 Å². The Morgan fingerprint density at radius 2 is 1.57 bits per heavy atom. The molecule has 0 fully saturated rings. The van der Waals surface area contributed by atoms with Crippen molar-refractivity contribution in [3.05, 3.63) is 59.2 Å². The lowest BCUT2D eigenvalue weighted by Crippen LogP contribution is -2.38. The van der Waals surface area contributed by atoms with E-state index in [0.717, 1.165) is 17.7 Å². The van der Waals surface area contributed by atoms with Crippen LogP contribution in [0, 0.1) is 5.41 Å². The fourth-order valence-electron chi connectivity index (χ4n) is 3.40. The third-order valence-corrected chi connectivity index (χ3v) is 5.14. The number of fused-ring (bicyclic) bond motifs is 1. The van der Waals surface area contributed by atoms with E-state index in [4.69, 9.17) is 0 Å². The van der Waals surface area contributed by atoms with Crippen molar-refractivity contribution >= 4 is 23.2 Å². The number of anilines is 2. The van der Waals surface area contributed by atoms with Crippen molar-refractivity contribution in [2.45, 2.75) is 53.4 Å². The number of hydrogen-bond donors (Lipinski definition) is 1. The lowest BCUT2D eigenvalue weighted by molar-refractivity contribution is -0.125. The first-order valence-corrected chi connectivity index (χ1v) is 9.83. The average molecular weight is 379 g/mol. The minimum atomic E-state index is -0.435. The van der Waals surface area contributed by atoms with E-state index in [-0.39, 0.29) is 17.2 Å². The van der Waals surface area contributed by atoms with Crippen LogP contribution < -0.4 is 10.2 Å². The largest absolute Gasteiger partial charge is 0.322 e. The number of hydrogen-bond acceptors (Lipinski definition) is 2. The van der Waals surface area contributed by atoms with Gasteiger partial charge in [-0.05, 0) is 47.2 Å². The quantitative estimate of drug-likeness (QED) is 0.783. The molecule has 2 amide bonds. The standard InChI is InChI=1S/C24H30N2O2/c1-23(2,3)18-10-7-17(8-11-18)21(27)25-19-12-9-16-13-14-26(20(16)15-19)22(28)24(4,5)6/h7-12,15H,13-14H2,1-6H3,(H,25,27). The highest BCUT2D eigenvalue weighted by Crippen LogP contribution is 2.34. The van der Waals surface area contributed by atoms with Crippen molar-refractivity contribution in [3.63, 3.8) is 0 Å². The number of benzene rings is 2. The summed E-state index contributed by atoms with van der Waals surface area (Å²) in [5.74, 6) is -0.0420. The first-order valence-electron chi connectivity index (χ1n) is 9.83. The normalized spacial score (nSPS) is 14.0. The van der Waals surface area contributed by atoms with Gasteiger partial charge in [0.05, 0.1) is 0 Å². The SMILES string of the molecule is CC(C)(C)C(=O)N1CCc2ccc(NC(=O)c3ccc(C(C)(C)C)cc3)cc21. The highest BCUT2D eigenvalue weighted by molar-refractivity contribution is 6.05. The monoisotopic (exact) mass is 378 g/mol. The second kappa shape index (κ2) is 7.08. The summed E-state index contributed by atoms with van der Waals surface area (Å²) in [6, 6.07) is 13.5. The Bertz CT molecular complexity index is 900. The maximum absolute atomic E-state index is 12.7. The molecule has 0 saturated carbocycles. The fourth-order valence-corrected chi connectivity index (χ4v) is 3.40. The maximum atomic E-state index is 12.7. The molecular formula is C24H30N2O2. The van der Waals surface area contributed by atoms with Crippen LogP contribution in [0.3, 0.4) is 0 Å². The molecular weight excluding hydrogens is 348 g/mol. The Morgan fingerprint density at radius 3 is 2.14 bits per heavy atom. The van der Waals surface area contributed by atoms with Gasteiger partial charge in [0, 0.05) is 28.9 Å². The summed E-state index contributed by atoms with van der Waals surface area (Å²) in [7, 11) is 0. The Balaban J connectivity index is 1.79. The molecule has 0 aromatic heterocycles. The van der Waals surface area contributed by atoms with E-state index in [1.165, 1.54) is 5.56 Å². The zero-order valence-electron chi connectivity index (χ0n) is 17.7. The number of nitrogens with one attached hydrogen (secondary N) is 1. The van der Waals surface area contributed by atoms with Gasteiger partial charge in [-0.3, -0.25) is 9.59 Å². The van der Waals surface area contributed by atoms with E-state index in [9.17, 15) is 9.59 Å². The van der Waals surface area contributed by atoms with Crippen LogP contribution in [0.2, 0.25) is 0 Å². The van der Waals surface area contributed by atoms with Crippen LogP contribution in [0.15, 0.2) is 42.5 Å². The van der Waals surface area contributed by atoms with Crippen LogP contribution >= 0.6 is 0 Å². The van der Waals surface area contributed by atoms with Crippen LogP contribution in [0.5, 0.6) is 0 Å². The smallest absolute Gasteiger partial charge is 0.255 e. The minimum absolute atomic E-state index is 0.0536. The topological polar surface area (TPSA) is 49.4 Å². The summed E-state index contributed by atoms with van der Waals surface area (Å²) in [6.45, 7) is 12.9. The summed E-state index contributed by atoms with van der Waals surface area (Å²) < 4.78 is 0. The molecule has 2 aromatic carbocycles. The van der Waals surface area contributed by atoms with E-state index in [2.05, 4.69) is 26.1 Å². The van der Waals surface area contributed by atoms with E-state index in [0.29, 0.717) is 17.8 Å². The summed E-state index contributed by atoms with van der Waals surface area (Å²) in [6.07, 6.45) is 0.847. The molecule has 0 atom stereocenters. The van der Waals surface area contributed by atoms with Crippen LogP contribution in [0.25, 0.3) is 0 Å². The molecule has 1 aliphatic heterocycles. The first kappa shape index (κ1) is 20.1. The molecule has 0 saturated heterocycles. The van der Waals surface area contributed by atoms with Crippen LogP contribution in [0.4, 0.5) is 11.4 Å².